The molecule has 12 heavy (non-hydrogen) atoms. The van der Waals surface area contributed by atoms with Crippen molar-refractivity contribution < 1.29 is 0 Å². The Morgan fingerprint density at radius 2 is 2.00 bits per heavy atom. The Morgan fingerprint density at radius 1 is 1.33 bits per heavy atom. The van der Waals surface area contributed by atoms with E-state index in [-0.39, 0.29) is 0 Å². The van der Waals surface area contributed by atoms with Gasteiger partial charge in [0, 0.05) is 12.2 Å². The highest BCUT2D eigenvalue weighted by atomic mass is 14.9. The van der Waals surface area contributed by atoms with Crippen molar-refractivity contribution in [2.45, 2.75) is 13.8 Å². The maximum absolute atomic E-state index is 3.26. The van der Waals surface area contributed by atoms with Crippen molar-refractivity contribution in [3.63, 3.8) is 0 Å². The van der Waals surface area contributed by atoms with E-state index < -0.39 is 0 Å². The molecule has 1 rings (SSSR count). The SMILES string of the molecule is CCNC(C)=Cc1ccccc1. The van der Waals surface area contributed by atoms with Crippen LogP contribution in [-0.2, 0) is 0 Å². The van der Waals surface area contributed by atoms with Gasteiger partial charge in [-0.05, 0) is 25.5 Å². The zero-order chi connectivity index (χ0) is 8.81. The molecule has 0 heterocycles. The second kappa shape index (κ2) is 4.60. The van der Waals surface area contributed by atoms with E-state index in [1.807, 2.05) is 18.2 Å². The molecular formula is C11H15N. The first-order valence-corrected chi connectivity index (χ1v) is 4.30. The first-order chi connectivity index (χ1) is 5.83. The Kier molecular flexibility index (Phi) is 3.39. The largest absolute Gasteiger partial charge is 0.389 e. The highest BCUT2D eigenvalue weighted by molar-refractivity contribution is 5.51. The predicted molar refractivity (Wildman–Crippen MR) is 53.8 cm³/mol. The van der Waals surface area contributed by atoms with Gasteiger partial charge < -0.3 is 5.32 Å². The predicted octanol–water partition coefficient (Wildman–Crippen LogP) is 2.66. The first-order valence-electron chi connectivity index (χ1n) is 4.30. The molecule has 0 saturated carbocycles. The van der Waals surface area contributed by atoms with Crippen LogP contribution in [0.25, 0.3) is 6.08 Å². The van der Waals surface area contributed by atoms with Crippen LogP contribution in [0.2, 0.25) is 0 Å². The Morgan fingerprint density at radius 3 is 2.58 bits per heavy atom. The minimum Gasteiger partial charge on any atom is -0.389 e. The van der Waals surface area contributed by atoms with Crippen LogP contribution in [-0.4, -0.2) is 6.54 Å². The Hall–Kier alpha value is -1.24. The molecule has 0 spiro atoms. The maximum atomic E-state index is 3.26. The highest BCUT2D eigenvalue weighted by Gasteiger charge is 1.86. The third-order valence-corrected chi connectivity index (χ3v) is 1.64. The molecule has 64 valence electrons. The number of benzene rings is 1. The Bertz CT molecular complexity index is 249. The molecule has 0 fully saturated rings. The fourth-order valence-electron chi connectivity index (χ4n) is 1.13. The lowest BCUT2D eigenvalue weighted by Gasteiger charge is -2.01. The van der Waals surface area contributed by atoms with Gasteiger partial charge in [-0.25, -0.2) is 0 Å². The number of hydrogen-bond acceptors (Lipinski definition) is 1. The quantitative estimate of drug-likeness (QED) is 0.718. The van der Waals surface area contributed by atoms with Crippen LogP contribution in [0.4, 0.5) is 0 Å². The summed E-state index contributed by atoms with van der Waals surface area (Å²) in [6.45, 7) is 5.16. The smallest absolute Gasteiger partial charge is 0.0115 e. The van der Waals surface area contributed by atoms with E-state index in [0.717, 1.165) is 6.54 Å². The van der Waals surface area contributed by atoms with Crippen molar-refractivity contribution in [1.82, 2.24) is 5.32 Å². The third kappa shape index (κ3) is 2.79. The van der Waals surface area contributed by atoms with Crippen molar-refractivity contribution in [2.75, 3.05) is 6.54 Å². The molecular weight excluding hydrogens is 146 g/mol. The summed E-state index contributed by atoms with van der Waals surface area (Å²) in [5, 5.41) is 3.26. The van der Waals surface area contributed by atoms with Gasteiger partial charge in [-0.2, -0.15) is 0 Å². The molecule has 0 bridgehead atoms. The summed E-state index contributed by atoms with van der Waals surface area (Å²) in [6, 6.07) is 10.3. The van der Waals surface area contributed by atoms with Crippen molar-refractivity contribution in [3.8, 4) is 0 Å². The van der Waals surface area contributed by atoms with Crippen LogP contribution in [0.1, 0.15) is 19.4 Å². The average molecular weight is 161 g/mol. The molecule has 1 aromatic carbocycles. The van der Waals surface area contributed by atoms with Crippen LogP contribution in [0, 0.1) is 0 Å². The molecule has 0 aromatic heterocycles. The van der Waals surface area contributed by atoms with Gasteiger partial charge in [0.25, 0.3) is 0 Å². The van der Waals surface area contributed by atoms with Crippen molar-refractivity contribution in [2.24, 2.45) is 0 Å². The molecule has 1 aromatic rings. The fourth-order valence-corrected chi connectivity index (χ4v) is 1.13. The maximum Gasteiger partial charge on any atom is 0.0115 e. The number of hydrogen-bond donors (Lipinski definition) is 1. The molecule has 0 radical (unpaired) electrons. The normalized spacial score (nSPS) is 11.3. The van der Waals surface area contributed by atoms with Crippen LogP contribution >= 0.6 is 0 Å². The van der Waals surface area contributed by atoms with Crippen LogP contribution in [0.15, 0.2) is 36.0 Å². The summed E-state index contributed by atoms with van der Waals surface area (Å²) >= 11 is 0. The molecule has 0 aliphatic carbocycles. The molecule has 1 heteroatoms. The van der Waals surface area contributed by atoms with Crippen molar-refractivity contribution >= 4 is 6.08 Å². The van der Waals surface area contributed by atoms with Gasteiger partial charge in [-0.15, -0.1) is 0 Å². The van der Waals surface area contributed by atoms with Gasteiger partial charge >= 0.3 is 0 Å². The van der Waals surface area contributed by atoms with Crippen LogP contribution < -0.4 is 5.32 Å². The third-order valence-electron chi connectivity index (χ3n) is 1.64. The van der Waals surface area contributed by atoms with Gasteiger partial charge in [-0.3, -0.25) is 0 Å². The minimum atomic E-state index is 0.981. The van der Waals surface area contributed by atoms with E-state index in [9.17, 15) is 0 Å². The van der Waals surface area contributed by atoms with Crippen molar-refractivity contribution in [1.29, 1.82) is 0 Å². The summed E-state index contributed by atoms with van der Waals surface area (Å²) in [5.74, 6) is 0. The Labute approximate surface area is 74.1 Å². The second-order valence-electron chi connectivity index (χ2n) is 2.77. The molecule has 0 amide bonds. The number of allylic oxidation sites excluding steroid dienone is 1. The molecule has 0 aliphatic rings. The lowest BCUT2D eigenvalue weighted by molar-refractivity contribution is 0.861. The summed E-state index contributed by atoms with van der Waals surface area (Å²) in [7, 11) is 0. The zero-order valence-electron chi connectivity index (χ0n) is 7.67. The lowest BCUT2D eigenvalue weighted by atomic mass is 10.2. The highest BCUT2D eigenvalue weighted by Crippen LogP contribution is 2.03. The van der Waals surface area contributed by atoms with Gasteiger partial charge in [0.15, 0.2) is 0 Å². The summed E-state index contributed by atoms with van der Waals surface area (Å²) in [6.07, 6.45) is 2.14. The molecule has 1 N–H and O–H groups in total. The molecule has 0 aliphatic heterocycles. The van der Waals surface area contributed by atoms with Crippen LogP contribution in [0.5, 0.6) is 0 Å². The average Bonchev–Trinajstić information content (AvgIpc) is 2.06. The van der Waals surface area contributed by atoms with Gasteiger partial charge in [-0.1, -0.05) is 30.3 Å². The molecule has 1 nitrogen and oxygen atoms in total. The topological polar surface area (TPSA) is 12.0 Å². The van der Waals surface area contributed by atoms with Gasteiger partial charge in [0.05, 0.1) is 0 Å². The number of rotatable bonds is 3. The summed E-state index contributed by atoms with van der Waals surface area (Å²) in [4.78, 5) is 0. The van der Waals surface area contributed by atoms with E-state index >= 15 is 0 Å². The van der Waals surface area contributed by atoms with E-state index in [4.69, 9.17) is 0 Å². The van der Waals surface area contributed by atoms with E-state index in [0.29, 0.717) is 0 Å². The molecule has 0 atom stereocenters. The van der Waals surface area contributed by atoms with Gasteiger partial charge in [0.1, 0.15) is 0 Å². The molecule has 0 unspecified atom stereocenters. The monoisotopic (exact) mass is 161 g/mol. The zero-order valence-corrected chi connectivity index (χ0v) is 7.67. The fraction of sp³-hybridized carbons (Fsp3) is 0.273. The second-order valence-corrected chi connectivity index (χ2v) is 2.77. The number of nitrogens with one attached hydrogen (secondary N) is 1. The van der Waals surface area contributed by atoms with E-state index in [2.05, 4.69) is 37.4 Å². The minimum absolute atomic E-state index is 0.981. The van der Waals surface area contributed by atoms with Gasteiger partial charge in [0.2, 0.25) is 0 Å². The van der Waals surface area contributed by atoms with Crippen molar-refractivity contribution in [3.05, 3.63) is 41.6 Å². The van der Waals surface area contributed by atoms with E-state index in [1.165, 1.54) is 11.3 Å². The lowest BCUT2D eigenvalue weighted by Crippen LogP contribution is -2.08. The summed E-state index contributed by atoms with van der Waals surface area (Å²) < 4.78 is 0. The van der Waals surface area contributed by atoms with E-state index in [1.54, 1.807) is 0 Å². The van der Waals surface area contributed by atoms with Crippen LogP contribution in [0.3, 0.4) is 0 Å². The first kappa shape index (κ1) is 8.85. The molecule has 0 saturated heterocycles. The summed E-state index contributed by atoms with van der Waals surface area (Å²) in [5.41, 5.74) is 2.46. The Balaban J connectivity index is 2.67. The standard InChI is InChI=1S/C11H15N/c1-3-12-10(2)9-11-7-5-4-6-8-11/h4-9,12H,3H2,1-2H3.